The molecule has 0 radical (unpaired) electrons. The van der Waals surface area contributed by atoms with E-state index < -0.39 is 0 Å². The first-order chi connectivity index (χ1) is 12.1. The molecule has 6 heteroatoms. The van der Waals surface area contributed by atoms with Crippen molar-refractivity contribution in [3.05, 3.63) is 35.0 Å². The van der Waals surface area contributed by atoms with Crippen LogP contribution in [0.3, 0.4) is 0 Å². The molecule has 0 atom stereocenters. The van der Waals surface area contributed by atoms with Crippen LogP contribution in [0.5, 0.6) is 0 Å². The molecule has 1 heterocycles. The zero-order valence-electron chi connectivity index (χ0n) is 14.5. The number of amides is 2. The van der Waals surface area contributed by atoms with E-state index in [9.17, 15) is 9.59 Å². The maximum atomic E-state index is 12.7. The number of carbonyl (C=O) groups is 2. The van der Waals surface area contributed by atoms with Crippen molar-refractivity contribution in [3.8, 4) is 0 Å². The van der Waals surface area contributed by atoms with Gasteiger partial charge in [-0.25, -0.2) is 4.79 Å². The zero-order chi connectivity index (χ0) is 17.8. The van der Waals surface area contributed by atoms with Crippen LogP contribution in [0.2, 0.25) is 5.02 Å². The monoisotopic (exact) mass is 361 g/mol. The van der Waals surface area contributed by atoms with Crippen molar-refractivity contribution < 1.29 is 9.59 Å². The quantitative estimate of drug-likeness (QED) is 0.805. The van der Waals surface area contributed by atoms with Crippen LogP contribution in [-0.4, -0.2) is 30.1 Å². The second-order valence-electron chi connectivity index (χ2n) is 6.67. The van der Waals surface area contributed by atoms with Gasteiger partial charge in [-0.3, -0.25) is 9.36 Å². The lowest BCUT2D eigenvalue weighted by Crippen LogP contribution is -2.29. The molecular formula is C19H24ClN3O2. The number of hydrogen-bond donors (Lipinski definition) is 2. The summed E-state index contributed by atoms with van der Waals surface area (Å²) in [4.78, 5) is 24.8. The van der Waals surface area contributed by atoms with Gasteiger partial charge >= 0.3 is 6.03 Å². The molecule has 1 aromatic heterocycles. The van der Waals surface area contributed by atoms with Crippen molar-refractivity contribution in [2.24, 2.45) is 5.92 Å². The maximum absolute atomic E-state index is 12.7. The minimum Gasteiger partial charge on any atom is -0.352 e. The predicted octanol–water partition coefficient (Wildman–Crippen LogP) is 4.18. The van der Waals surface area contributed by atoms with Crippen molar-refractivity contribution in [1.82, 2.24) is 15.2 Å². The number of rotatable bonds is 3. The molecule has 1 aliphatic rings. The summed E-state index contributed by atoms with van der Waals surface area (Å²) in [5.41, 5.74) is 1.07. The lowest BCUT2D eigenvalue weighted by Gasteiger charge is -2.14. The number of hydrogen-bond acceptors (Lipinski definition) is 2. The van der Waals surface area contributed by atoms with E-state index in [0.29, 0.717) is 34.0 Å². The molecule has 0 spiro atoms. The third-order valence-corrected chi connectivity index (χ3v) is 5.30. The fourth-order valence-electron chi connectivity index (χ4n) is 3.60. The Morgan fingerprint density at radius 2 is 1.92 bits per heavy atom. The number of nitrogens with zero attached hydrogens (tertiary/aromatic N) is 1. The first-order valence-corrected chi connectivity index (χ1v) is 9.29. The fourth-order valence-corrected chi connectivity index (χ4v) is 3.88. The Bertz CT molecular complexity index is 776. The van der Waals surface area contributed by atoms with Crippen LogP contribution in [0.15, 0.2) is 24.4 Å². The van der Waals surface area contributed by atoms with Crippen molar-refractivity contribution >= 4 is 34.4 Å². The average Bonchev–Trinajstić information content (AvgIpc) is 2.83. The third kappa shape index (κ3) is 3.82. The molecule has 2 N–H and O–H groups in total. The van der Waals surface area contributed by atoms with Crippen LogP contribution >= 0.6 is 11.6 Å². The summed E-state index contributed by atoms with van der Waals surface area (Å²) in [7, 11) is 1.56. The highest BCUT2D eigenvalue weighted by Crippen LogP contribution is 2.29. The number of fused-ring (bicyclic) bond motifs is 1. The van der Waals surface area contributed by atoms with Crippen LogP contribution in [-0.2, 0) is 0 Å². The van der Waals surface area contributed by atoms with Gasteiger partial charge < -0.3 is 10.6 Å². The smallest absolute Gasteiger partial charge is 0.325 e. The summed E-state index contributed by atoms with van der Waals surface area (Å²) >= 11 is 6.31. The largest absolute Gasteiger partial charge is 0.352 e. The summed E-state index contributed by atoms with van der Waals surface area (Å²) < 4.78 is 1.43. The molecule has 0 unspecified atom stereocenters. The molecule has 1 fully saturated rings. The van der Waals surface area contributed by atoms with Crippen LogP contribution < -0.4 is 10.6 Å². The van der Waals surface area contributed by atoms with Gasteiger partial charge in [0.1, 0.15) is 0 Å². The van der Waals surface area contributed by atoms with E-state index >= 15 is 0 Å². The maximum Gasteiger partial charge on any atom is 0.325 e. The lowest BCUT2D eigenvalue weighted by molar-refractivity contribution is 0.0947. The number of benzene rings is 1. The first kappa shape index (κ1) is 17.8. The van der Waals surface area contributed by atoms with Gasteiger partial charge in [-0.15, -0.1) is 0 Å². The number of carbonyl (C=O) groups excluding carboxylic acids is 2. The summed E-state index contributed by atoms with van der Waals surface area (Å²) in [5, 5.41) is 6.72. The molecule has 1 aliphatic carbocycles. The van der Waals surface area contributed by atoms with Gasteiger partial charge in [0.05, 0.1) is 16.1 Å². The summed E-state index contributed by atoms with van der Waals surface area (Å²) in [6, 6.07) is 5.01. The van der Waals surface area contributed by atoms with Gasteiger partial charge in [0.25, 0.3) is 5.91 Å². The number of nitrogens with one attached hydrogen (secondary N) is 2. The Kier molecular flexibility index (Phi) is 5.63. The predicted molar refractivity (Wildman–Crippen MR) is 100 cm³/mol. The van der Waals surface area contributed by atoms with Crippen LogP contribution in [0, 0.1) is 5.92 Å². The van der Waals surface area contributed by atoms with Gasteiger partial charge in [-0.2, -0.15) is 0 Å². The van der Waals surface area contributed by atoms with Gasteiger partial charge in [-0.05, 0) is 30.9 Å². The van der Waals surface area contributed by atoms with Crippen LogP contribution in [0.1, 0.15) is 48.9 Å². The minimum absolute atomic E-state index is 0.176. The van der Waals surface area contributed by atoms with Crippen LogP contribution in [0.4, 0.5) is 4.79 Å². The van der Waals surface area contributed by atoms with E-state index in [0.717, 1.165) is 0 Å². The zero-order valence-corrected chi connectivity index (χ0v) is 15.2. The van der Waals surface area contributed by atoms with E-state index in [-0.39, 0.29) is 11.9 Å². The highest BCUT2D eigenvalue weighted by molar-refractivity contribution is 6.37. The topological polar surface area (TPSA) is 63.1 Å². The standard InChI is InChI=1S/C19H24ClN3O2/c1-21-19(25)23-12-14(17-15(20)9-6-10-16(17)23)18(24)22-11-13-7-4-2-3-5-8-13/h6,9-10,12-13H,2-5,7-8,11H2,1H3,(H,21,25)(H,22,24). The molecular weight excluding hydrogens is 338 g/mol. The molecule has 25 heavy (non-hydrogen) atoms. The molecule has 0 saturated heterocycles. The van der Waals surface area contributed by atoms with Crippen molar-refractivity contribution in [2.45, 2.75) is 38.5 Å². The van der Waals surface area contributed by atoms with Gasteiger partial charge in [0.2, 0.25) is 0 Å². The average molecular weight is 362 g/mol. The van der Waals surface area contributed by atoms with Crippen LogP contribution in [0.25, 0.3) is 10.9 Å². The van der Waals surface area contributed by atoms with Gasteiger partial charge in [-0.1, -0.05) is 43.4 Å². The third-order valence-electron chi connectivity index (χ3n) is 4.98. The molecule has 1 aromatic carbocycles. The Morgan fingerprint density at radius 3 is 2.60 bits per heavy atom. The molecule has 2 aromatic rings. The molecule has 3 rings (SSSR count). The molecule has 1 saturated carbocycles. The van der Waals surface area contributed by atoms with Crippen molar-refractivity contribution in [1.29, 1.82) is 0 Å². The molecule has 134 valence electrons. The normalized spacial score (nSPS) is 15.8. The molecule has 0 aliphatic heterocycles. The van der Waals surface area contributed by atoms with Crippen molar-refractivity contribution in [3.63, 3.8) is 0 Å². The molecule has 0 bridgehead atoms. The second kappa shape index (κ2) is 7.91. The van der Waals surface area contributed by atoms with E-state index in [2.05, 4.69) is 10.6 Å². The second-order valence-corrected chi connectivity index (χ2v) is 7.08. The minimum atomic E-state index is -0.296. The summed E-state index contributed by atoms with van der Waals surface area (Å²) in [6.45, 7) is 0.677. The van der Waals surface area contributed by atoms with E-state index in [1.54, 1.807) is 31.4 Å². The Morgan fingerprint density at radius 1 is 1.20 bits per heavy atom. The Hall–Kier alpha value is -2.01. The highest BCUT2D eigenvalue weighted by atomic mass is 35.5. The highest BCUT2D eigenvalue weighted by Gasteiger charge is 2.21. The van der Waals surface area contributed by atoms with Crippen molar-refractivity contribution in [2.75, 3.05) is 13.6 Å². The van der Waals surface area contributed by atoms with E-state index in [1.165, 1.54) is 43.1 Å². The first-order valence-electron chi connectivity index (χ1n) is 8.91. The number of halogens is 1. The summed E-state index contributed by atoms with van der Waals surface area (Å²) in [6.07, 6.45) is 8.96. The van der Waals surface area contributed by atoms with E-state index in [1.807, 2.05) is 0 Å². The summed E-state index contributed by atoms with van der Waals surface area (Å²) in [5.74, 6) is 0.360. The van der Waals surface area contributed by atoms with Gasteiger partial charge in [0.15, 0.2) is 0 Å². The molecule has 2 amide bonds. The number of aromatic nitrogens is 1. The Balaban J connectivity index is 1.84. The fraction of sp³-hybridized carbons (Fsp3) is 0.474. The van der Waals surface area contributed by atoms with E-state index in [4.69, 9.17) is 11.6 Å². The Labute approximate surface area is 152 Å². The lowest BCUT2D eigenvalue weighted by atomic mass is 10.0. The molecule has 5 nitrogen and oxygen atoms in total. The van der Waals surface area contributed by atoms with Gasteiger partial charge in [0, 0.05) is 25.2 Å². The SMILES string of the molecule is CNC(=O)n1cc(C(=O)NCC2CCCCCC2)c2c(Cl)cccc21.